The number of hydrogen-bond acceptors (Lipinski definition) is 4. The van der Waals surface area contributed by atoms with E-state index in [0.717, 1.165) is 17.7 Å². The smallest absolute Gasteiger partial charge is 0.386 e. The molecular weight excluding hydrogens is 469 g/mol. The zero-order chi connectivity index (χ0) is 24.6. The summed E-state index contributed by atoms with van der Waals surface area (Å²) in [4.78, 5) is 13.3. The Bertz CT molecular complexity index is 1290. The third-order valence-corrected chi connectivity index (χ3v) is 6.94. The summed E-state index contributed by atoms with van der Waals surface area (Å²) in [6, 6.07) is 18.7. The van der Waals surface area contributed by atoms with Crippen LogP contribution < -0.4 is 4.72 Å². The zero-order valence-electron chi connectivity index (χ0n) is 17.8. The van der Waals surface area contributed by atoms with E-state index in [0.29, 0.717) is 12.5 Å². The Morgan fingerprint density at radius 3 is 2.15 bits per heavy atom. The summed E-state index contributed by atoms with van der Waals surface area (Å²) in [5.74, 6) is -0.338. The molecular formula is C24H21F3N2O4S. The van der Waals surface area contributed by atoms with E-state index in [9.17, 15) is 31.5 Å². The lowest BCUT2D eigenvalue weighted by Crippen LogP contribution is -2.64. The van der Waals surface area contributed by atoms with Gasteiger partial charge in [-0.1, -0.05) is 42.5 Å². The van der Waals surface area contributed by atoms with Gasteiger partial charge in [0.1, 0.15) is 5.60 Å². The van der Waals surface area contributed by atoms with E-state index in [2.05, 4.69) is 4.72 Å². The normalized spacial score (nSPS) is 15.5. The Morgan fingerprint density at radius 2 is 1.53 bits per heavy atom. The van der Waals surface area contributed by atoms with Crippen LogP contribution in [0.25, 0.3) is 0 Å². The average Bonchev–Trinajstić information content (AvgIpc) is 2.77. The average molecular weight is 491 g/mol. The predicted octanol–water partition coefficient (Wildman–Crippen LogP) is 3.94. The van der Waals surface area contributed by atoms with Crippen molar-refractivity contribution in [3.05, 3.63) is 95.6 Å². The van der Waals surface area contributed by atoms with Gasteiger partial charge in [0.15, 0.2) is 0 Å². The molecule has 178 valence electrons. The molecule has 2 N–H and O–H groups in total. The molecule has 0 atom stereocenters. The van der Waals surface area contributed by atoms with E-state index < -0.39 is 32.3 Å². The van der Waals surface area contributed by atoms with E-state index in [4.69, 9.17) is 0 Å². The molecule has 1 aliphatic heterocycles. The van der Waals surface area contributed by atoms with Crippen LogP contribution in [0.1, 0.15) is 21.5 Å². The van der Waals surface area contributed by atoms with Gasteiger partial charge >= 0.3 is 6.18 Å². The quantitative estimate of drug-likeness (QED) is 0.548. The Labute approximate surface area is 194 Å². The summed E-state index contributed by atoms with van der Waals surface area (Å²) in [6.45, 7) is 0.312. The molecule has 1 saturated heterocycles. The second-order valence-corrected chi connectivity index (χ2v) is 9.88. The van der Waals surface area contributed by atoms with Crippen LogP contribution in [0.5, 0.6) is 0 Å². The van der Waals surface area contributed by atoms with Crippen LogP contribution in [-0.2, 0) is 22.6 Å². The minimum atomic E-state index is -4.83. The fourth-order valence-electron chi connectivity index (χ4n) is 3.90. The first-order valence-electron chi connectivity index (χ1n) is 10.3. The number of carbonyl (C=O) groups is 1. The number of anilines is 1. The molecule has 0 aliphatic carbocycles. The molecule has 0 aromatic heterocycles. The standard InChI is InChI=1S/C24H21F3N2O4S/c25-24(26,27)20-8-4-5-9-21(20)34(32,33)28-19-12-10-18(11-13-19)22(30)29-15-23(31,16-29)14-17-6-2-1-3-7-17/h1-13,28,31H,14-16H2. The molecule has 0 saturated carbocycles. The molecule has 3 aromatic rings. The first kappa shape index (κ1) is 23.8. The number of β-amino-alcohol motifs (C(OH)–C–C–N with tert-alkyl or cyclic N) is 1. The van der Waals surface area contributed by atoms with Gasteiger partial charge in [-0.15, -0.1) is 0 Å². The lowest BCUT2D eigenvalue weighted by atomic mass is 9.86. The highest BCUT2D eigenvalue weighted by atomic mass is 32.2. The Hall–Kier alpha value is -3.37. The van der Waals surface area contributed by atoms with Gasteiger partial charge in [0.25, 0.3) is 15.9 Å². The third kappa shape index (κ3) is 5.07. The molecule has 4 rings (SSSR count). The van der Waals surface area contributed by atoms with Crippen LogP contribution in [0, 0.1) is 0 Å². The van der Waals surface area contributed by atoms with Gasteiger partial charge in [0, 0.05) is 17.7 Å². The van der Waals surface area contributed by atoms with Gasteiger partial charge in [-0.25, -0.2) is 8.42 Å². The Morgan fingerprint density at radius 1 is 0.941 bits per heavy atom. The Kier molecular flexibility index (Phi) is 6.13. The third-order valence-electron chi connectivity index (χ3n) is 5.50. The number of carbonyl (C=O) groups excluding carboxylic acids is 1. The molecule has 10 heteroatoms. The van der Waals surface area contributed by atoms with Crippen LogP contribution in [0.4, 0.5) is 18.9 Å². The van der Waals surface area contributed by atoms with Crippen molar-refractivity contribution in [1.29, 1.82) is 0 Å². The number of likely N-dealkylation sites (tertiary alicyclic amines) is 1. The molecule has 1 heterocycles. The van der Waals surface area contributed by atoms with Crippen LogP contribution in [-0.4, -0.2) is 43.0 Å². The van der Waals surface area contributed by atoms with Gasteiger partial charge in [0.2, 0.25) is 0 Å². The number of hydrogen-bond donors (Lipinski definition) is 2. The van der Waals surface area contributed by atoms with Crippen LogP contribution in [0.2, 0.25) is 0 Å². The number of sulfonamides is 1. The van der Waals surface area contributed by atoms with Crippen LogP contribution in [0.15, 0.2) is 83.8 Å². The maximum absolute atomic E-state index is 13.2. The number of amides is 1. The van der Waals surface area contributed by atoms with E-state index in [1.54, 1.807) is 0 Å². The second-order valence-electron chi connectivity index (χ2n) is 8.22. The summed E-state index contributed by atoms with van der Waals surface area (Å²) in [5, 5.41) is 10.6. The lowest BCUT2D eigenvalue weighted by Gasteiger charge is -2.46. The van der Waals surface area contributed by atoms with Gasteiger partial charge < -0.3 is 10.0 Å². The highest BCUT2D eigenvalue weighted by molar-refractivity contribution is 7.92. The van der Waals surface area contributed by atoms with E-state index in [1.807, 2.05) is 30.3 Å². The molecule has 6 nitrogen and oxygen atoms in total. The SMILES string of the molecule is O=C(c1ccc(NS(=O)(=O)c2ccccc2C(F)(F)F)cc1)N1CC(O)(Cc2ccccc2)C1. The fraction of sp³-hybridized carbons (Fsp3) is 0.208. The maximum Gasteiger partial charge on any atom is 0.417 e. The van der Waals surface area contributed by atoms with Gasteiger partial charge in [-0.05, 0) is 42.0 Å². The number of aliphatic hydroxyl groups is 1. The molecule has 0 unspecified atom stereocenters. The summed E-state index contributed by atoms with van der Waals surface area (Å²) >= 11 is 0. The largest absolute Gasteiger partial charge is 0.417 e. The second kappa shape index (κ2) is 8.77. The van der Waals surface area contributed by atoms with Gasteiger partial charge in [0.05, 0.1) is 23.5 Å². The molecule has 0 spiro atoms. The number of rotatable bonds is 6. The summed E-state index contributed by atoms with van der Waals surface area (Å²) < 4.78 is 66.8. The molecule has 1 aliphatic rings. The van der Waals surface area contributed by atoms with Crippen molar-refractivity contribution < 1.29 is 31.5 Å². The molecule has 1 amide bonds. The predicted molar refractivity (Wildman–Crippen MR) is 120 cm³/mol. The lowest BCUT2D eigenvalue weighted by molar-refractivity contribution is -0.139. The van der Waals surface area contributed by atoms with E-state index in [1.165, 1.54) is 35.2 Å². The van der Waals surface area contributed by atoms with Gasteiger partial charge in [-0.3, -0.25) is 9.52 Å². The van der Waals surface area contributed by atoms with Crippen molar-refractivity contribution in [2.75, 3.05) is 17.8 Å². The zero-order valence-corrected chi connectivity index (χ0v) is 18.6. The van der Waals surface area contributed by atoms with Crippen molar-refractivity contribution in [1.82, 2.24) is 4.90 Å². The van der Waals surface area contributed by atoms with Crippen molar-refractivity contribution in [3.8, 4) is 0 Å². The van der Waals surface area contributed by atoms with E-state index in [-0.39, 0.29) is 30.2 Å². The highest BCUT2D eigenvalue weighted by Gasteiger charge is 2.43. The first-order chi connectivity index (χ1) is 16.0. The first-order valence-corrected chi connectivity index (χ1v) is 11.8. The van der Waals surface area contributed by atoms with E-state index >= 15 is 0 Å². The van der Waals surface area contributed by atoms with Crippen molar-refractivity contribution in [2.24, 2.45) is 0 Å². The summed E-state index contributed by atoms with van der Waals surface area (Å²) in [7, 11) is -4.51. The summed E-state index contributed by atoms with van der Waals surface area (Å²) in [5.41, 5.74) is -1.05. The van der Waals surface area contributed by atoms with Crippen molar-refractivity contribution in [2.45, 2.75) is 23.1 Å². The summed E-state index contributed by atoms with van der Waals surface area (Å²) in [6.07, 6.45) is -4.42. The highest BCUT2D eigenvalue weighted by Crippen LogP contribution is 2.34. The number of alkyl halides is 3. The minimum Gasteiger partial charge on any atom is -0.386 e. The number of nitrogens with zero attached hydrogens (tertiary/aromatic N) is 1. The molecule has 1 fully saturated rings. The molecule has 34 heavy (non-hydrogen) atoms. The monoisotopic (exact) mass is 490 g/mol. The number of benzene rings is 3. The van der Waals surface area contributed by atoms with Crippen LogP contribution in [0.3, 0.4) is 0 Å². The minimum absolute atomic E-state index is 0.0118. The number of nitrogens with one attached hydrogen (secondary N) is 1. The molecule has 0 bridgehead atoms. The van der Waals surface area contributed by atoms with Crippen molar-refractivity contribution in [3.63, 3.8) is 0 Å². The fourth-order valence-corrected chi connectivity index (χ4v) is 5.19. The topological polar surface area (TPSA) is 86.7 Å². The Balaban J connectivity index is 1.42. The van der Waals surface area contributed by atoms with Gasteiger partial charge in [-0.2, -0.15) is 13.2 Å². The number of halogens is 3. The van der Waals surface area contributed by atoms with Crippen LogP contribution >= 0.6 is 0 Å². The molecule has 3 aromatic carbocycles. The molecule has 0 radical (unpaired) electrons. The van der Waals surface area contributed by atoms with Crippen molar-refractivity contribution >= 4 is 21.6 Å². The maximum atomic E-state index is 13.2.